The van der Waals surface area contributed by atoms with Crippen molar-refractivity contribution in [2.45, 2.75) is 6.42 Å². The summed E-state index contributed by atoms with van der Waals surface area (Å²) in [6.45, 7) is 0. The summed E-state index contributed by atoms with van der Waals surface area (Å²) in [7, 11) is 0. The van der Waals surface area contributed by atoms with Crippen LogP contribution in [0.3, 0.4) is 0 Å². The van der Waals surface area contributed by atoms with Crippen molar-refractivity contribution >= 4 is 59.4 Å². The van der Waals surface area contributed by atoms with E-state index in [1.165, 1.54) is 0 Å². The van der Waals surface area contributed by atoms with E-state index in [9.17, 15) is 4.79 Å². The lowest BCUT2D eigenvalue weighted by Gasteiger charge is -2.10. The maximum Gasteiger partial charge on any atom is 0.228 e. The molecule has 0 unspecified atom stereocenters. The van der Waals surface area contributed by atoms with Gasteiger partial charge in [-0.25, -0.2) is 0 Å². The number of carbonyl (C=O) groups is 1. The summed E-state index contributed by atoms with van der Waals surface area (Å²) in [4.78, 5) is 12.1. The number of hydrogen-bond donors (Lipinski definition) is 1. The highest BCUT2D eigenvalue weighted by atomic mass is 79.9. The average molecular weight is 473 g/mol. The van der Waals surface area contributed by atoms with Crippen molar-refractivity contribution < 1.29 is 4.79 Å². The third-order valence-electron chi connectivity index (χ3n) is 2.72. The molecule has 6 heteroatoms. The molecule has 2 aromatic carbocycles. The van der Waals surface area contributed by atoms with E-state index in [2.05, 4.69) is 59.2 Å². The molecule has 0 radical (unpaired) electrons. The first-order chi connectivity index (χ1) is 9.99. The number of carbonyl (C=O) groups excluding carboxylic acids is 1. The Morgan fingerprint density at radius 3 is 2.19 bits per heavy atom. The van der Waals surface area contributed by atoms with Crippen molar-refractivity contribution in [1.82, 2.24) is 0 Å². The number of nitrogens with zero attached hydrogens (tertiary/aromatic N) is 1. The minimum absolute atomic E-state index is 0.122. The second-order valence-electron chi connectivity index (χ2n) is 4.28. The van der Waals surface area contributed by atoms with Gasteiger partial charge in [0, 0.05) is 13.4 Å². The lowest BCUT2D eigenvalue weighted by molar-refractivity contribution is -0.115. The van der Waals surface area contributed by atoms with Crippen LogP contribution in [0.1, 0.15) is 11.1 Å². The molecule has 2 rings (SSSR count). The van der Waals surface area contributed by atoms with Crippen molar-refractivity contribution in [3.05, 3.63) is 60.9 Å². The Morgan fingerprint density at radius 1 is 1.10 bits per heavy atom. The van der Waals surface area contributed by atoms with Crippen LogP contribution in [0.15, 0.2) is 49.8 Å². The van der Waals surface area contributed by atoms with E-state index < -0.39 is 0 Å². The summed E-state index contributed by atoms with van der Waals surface area (Å²) in [5.41, 5.74) is 2.13. The molecule has 0 heterocycles. The van der Waals surface area contributed by atoms with Gasteiger partial charge in [-0.05, 0) is 61.7 Å². The van der Waals surface area contributed by atoms with Gasteiger partial charge in [-0.2, -0.15) is 5.26 Å². The molecule has 0 aliphatic carbocycles. The van der Waals surface area contributed by atoms with E-state index in [0.29, 0.717) is 11.3 Å². The maximum absolute atomic E-state index is 12.1. The van der Waals surface area contributed by atoms with Crippen LogP contribution in [0.25, 0.3) is 0 Å². The van der Waals surface area contributed by atoms with Crippen molar-refractivity contribution in [2.24, 2.45) is 0 Å². The fourth-order valence-corrected chi connectivity index (χ4v) is 4.18. The number of nitriles is 1. The highest BCUT2D eigenvalue weighted by Crippen LogP contribution is 2.34. The van der Waals surface area contributed by atoms with Gasteiger partial charge in [0.25, 0.3) is 0 Å². The maximum atomic E-state index is 12.1. The lowest BCUT2D eigenvalue weighted by atomic mass is 10.1. The summed E-state index contributed by atoms with van der Waals surface area (Å²) < 4.78 is 2.49. The van der Waals surface area contributed by atoms with Crippen LogP contribution >= 0.6 is 47.8 Å². The first kappa shape index (κ1) is 16.2. The van der Waals surface area contributed by atoms with Gasteiger partial charge in [-0.3, -0.25) is 4.79 Å². The zero-order valence-corrected chi connectivity index (χ0v) is 15.4. The second-order valence-corrected chi connectivity index (χ2v) is 6.90. The van der Waals surface area contributed by atoms with Gasteiger partial charge in [-0.15, -0.1) is 0 Å². The van der Waals surface area contributed by atoms with Gasteiger partial charge in [0.1, 0.15) is 0 Å². The first-order valence-corrected chi connectivity index (χ1v) is 8.31. The number of anilines is 1. The monoisotopic (exact) mass is 470 g/mol. The number of amides is 1. The molecular weight excluding hydrogens is 464 g/mol. The van der Waals surface area contributed by atoms with Crippen molar-refractivity contribution in [3.8, 4) is 6.07 Å². The standard InChI is InChI=1S/C15H9Br3N2O/c16-11-6-12(17)15(13(18)7-11)20-14(21)5-9-1-3-10(8-19)4-2-9/h1-4,6-7H,5H2,(H,20,21). The Hall–Kier alpha value is -1.16. The molecule has 1 amide bonds. The first-order valence-electron chi connectivity index (χ1n) is 5.93. The Labute approximate surface area is 147 Å². The molecule has 0 spiro atoms. The topological polar surface area (TPSA) is 52.9 Å². The van der Waals surface area contributed by atoms with Crippen LogP contribution in [0.5, 0.6) is 0 Å². The molecule has 1 N–H and O–H groups in total. The predicted molar refractivity (Wildman–Crippen MR) is 93.0 cm³/mol. The molecule has 3 nitrogen and oxygen atoms in total. The van der Waals surface area contributed by atoms with Crippen LogP contribution in [0.2, 0.25) is 0 Å². The summed E-state index contributed by atoms with van der Waals surface area (Å²) >= 11 is 10.2. The van der Waals surface area contributed by atoms with Gasteiger partial charge in [0.2, 0.25) is 5.91 Å². The molecule has 0 saturated heterocycles. The molecule has 0 saturated carbocycles. The summed E-state index contributed by atoms with van der Waals surface area (Å²) in [5.74, 6) is -0.122. The van der Waals surface area contributed by atoms with Gasteiger partial charge in [-0.1, -0.05) is 28.1 Å². The average Bonchev–Trinajstić information content (AvgIpc) is 2.43. The largest absolute Gasteiger partial charge is 0.324 e. The minimum atomic E-state index is -0.122. The van der Waals surface area contributed by atoms with E-state index in [1.807, 2.05) is 12.1 Å². The third-order valence-corrected chi connectivity index (χ3v) is 4.43. The van der Waals surface area contributed by atoms with Crippen LogP contribution in [-0.4, -0.2) is 5.91 Å². The predicted octanol–water partition coefficient (Wildman–Crippen LogP) is 5.03. The van der Waals surface area contributed by atoms with Crippen LogP contribution < -0.4 is 5.32 Å². The fourth-order valence-electron chi connectivity index (χ4n) is 1.73. The Morgan fingerprint density at radius 2 is 1.67 bits per heavy atom. The van der Waals surface area contributed by atoms with E-state index in [4.69, 9.17) is 5.26 Å². The Balaban J connectivity index is 2.10. The number of hydrogen-bond acceptors (Lipinski definition) is 2. The normalized spacial score (nSPS) is 10.0. The summed E-state index contributed by atoms with van der Waals surface area (Å²) in [6, 6.07) is 12.7. The van der Waals surface area contributed by atoms with Crippen LogP contribution in [-0.2, 0) is 11.2 Å². The van der Waals surface area contributed by atoms with Crippen LogP contribution in [0, 0.1) is 11.3 Å². The number of nitrogens with one attached hydrogen (secondary N) is 1. The molecule has 0 atom stereocenters. The SMILES string of the molecule is N#Cc1ccc(CC(=O)Nc2c(Br)cc(Br)cc2Br)cc1. The van der Waals surface area contributed by atoms with Crippen molar-refractivity contribution in [3.63, 3.8) is 0 Å². The van der Waals surface area contributed by atoms with Crippen molar-refractivity contribution in [2.75, 3.05) is 5.32 Å². The van der Waals surface area contributed by atoms with E-state index >= 15 is 0 Å². The molecule has 0 aromatic heterocycles. The minimum Gasteiger partial charge on any atom is -0.324 e. The quantitative estimate of drug-likeness (QED) is 0.681. The Bertz CT molecular complexity index is 698. The highest BCUT2D eigenvalue weighted by molar-refractivity contribution is 9.11. The number of rotatable bonds is 3. The molecule has 0 fully saturated rings. The molecule has 2 aromatic rings. The zero-order valence-electron chi connectivity index (χ0n) is 10.7. The van der Waals surface area contributed by atoms with Gasteiger partial charge in [0.15, 0.2) is 0 Å². The summed E-state index contributed by atoms with van der Waals surface area (Å²) in [6.07, 6.45) is 0.251. The van der Waals surface area contributed by atoms with Gasteiger partial charge < -0.3 is 5.32 Å². The molecule has 106 valence electrons. The molecule has 0 bridgehead atoms. The zero-order chi connectivity index (χ0) is 15.4. The van der Waals surface area contributed by atoms with Crippen LogP contribution in [0.4, 0.5) is 5.69 Å². The number of benzene rings is 2. The van der Waals surface area contributed by atoms with Gasteiger partial charge in [0.05, 0.1) is 23.7 Å². The molecular formula is C15H9Br3N2O. The fraction of sp³-hybridized carbons (Fsp3) is 0.0667. The summed E-state index contributed by atoms with van der Waals surface area (Å²) in [5, 5.41) is 11.6. The Kier molecular flexibility index (Phi) is 5.57. The third kappa shape index (κ3) is 4.40. The lowest BCUT2D eigenvalue weighted by Crippen LogP contribution is -2.15. The highest BCUT2D eigenvalue weighted by Gasteiger charge is 2.11. The smallest absolute Gasteiger partial charge is 0.228 e. The molecule has 0 aliphatic heterocycles. The number of halogens is 3. The van der Waals surface area contributed by atoms with E-state index in [0.717, 1.165) is 19.0 Å². The van der Waals surface area contributed by atoms with Gasteiger partial charge >= 0.3 is 0 Å². The van der Waals surface area contributed by atoms with E-state index in [-0.39, 0.29) is 12.3 Å². The molecule has 0 aliphatic rings. The second kappa shape index (κ2) is 7.21. The molecule has 21 heavy (non-hydrogen) atoms. The van der Waals surface area contributed by atoms with E-state index in [1.54, 1.807) is 24.3 Å². The van der Waals surface area contributed by atoms with Crippen molar-refractivity contribution in [1.29, 1.82) is 5.26 Å².